The quantitative estimate of drug-likeness (QED) is 0.800. The molecule has 1 rings (SSSR count). The van der Waals surface area contributed by atoms with E-state index < -0.39 is 0 Å². The van der Waals surface area contributed by atoms with Crippen LogP contribution in [0, 0.1) is 0 Å². The number of hydrogen-bond acceptors (Lipinski definition) is 3. The van der Waals surface area contributed by atoms with E-state index in [1.54, 1.807) is 5.01 Å². The molecule has 0 fully saturated rings. The molecule has 4 heteroatoms. The molecular weight excluding hydrogens is 208 g/mol. The highest BCUT2D eigenvalue weighted by Gasteiger charge is 2.19. The Kier molecular flexibility index (Phi) is 4.29. The molecule has 1 aromatic heterocycles. The van der Waals surface area contributed by atoms with Gasteiger partial charge in [-0.3, -0.25) is 9.80 Å². The Hall–Kier alpha value is -0.870. The first kappa shape index (κ1) is 12.2. The predicted octanol–water partition coefficient (Wildman–Crippen LogP) is 2.51. The Morgan fingerprint density at radius 3 is 2.47 bits per heavy atom. The van der Waals surface area contributed by atoms with Crippen LogP contribution < -0.4 is 5.43 Å². The molecule has 0 saturated carbocycles. The first-order valence-electron chi connectivity index (χ1n) is 5.15. The highest BCUT2D eigenvalue weighted by Crippen LogP contribution is 2.12. The van der Waals surface area contributed by atoms with Gasteiger partial charge in [0.25, 0.3) is 5.91 Å². The normalized spacial score (nSPS) is 11.1. The lowest BCUT2D eigenvalue weighted by molar-refractivity contribution is 0.0555. The summed E-state index contributed by atoms with van der Waals surface area (Å²) >= 11 is 1.47. The number of thiophene rings is 1. The van der Waals surface area contributed by atoms with Crippen molar-refractivity contribution in [2.45, 2.75) is 39.8 Å². The summed E-state index contributed by atoms with van der Waals surface area (Å²) in [6, 6.07) is 4.16. The number of carbonyl (C=O) groups excluding carboxylic acids is 1. The van der Waals surface area contributed by atoms with Gasteiger partial charge in [0.2, 0.25) is 0 Å². The molecule has 1 aromatic rings. The van der Waals surface area contributed by atoms with E-state index in [4.69, 9.17) is 0 Å². The van der Waals surface area contributed by atoms with Crippen molar-refractivity contribution >= 4 is 17.2 Å². The Bertz CT molecular complexity index is 306. The van der Waals surface area contributed by atoms with Crippen LogP contribution >= 0.6 is 11.3 Å². The summed E-state index contributed by atoms with van der Waals surface area (Å²) in [4.78, 5) is 12.8. The number of amides is 1. The van der Waals surface area contributed by atoms with Gasteiger partial charge in [-0.25, -0.2) is 5.43 Å². The molecule has 0 aliphatic heterocycles. The van der Waals surface area contributed by atoms with Crippen LogP contribution in [0.3, 0.4) is 0 Å². The monoisotopic (exact) mass is 226 g/mol. The van der Waals surface area contributed by atoms with E-state index in [2.05, 4.69) is 5.43 Å². The third kappa shape index (κ3) is 3.32. The maximum atomic E-state index is 12.1. The summed E-state index contributed by atoms with van der Waals surface area (Å²) in [7, 11) is 0. The number of nitrogens with zero attached hydrogens (tertiary/aromatic N) is 1. The van der Waals surface area contributed by atoms with Gasteiger partial charge >= 0.3 is 0 Å². The first-order chi connectivity index (χ1) is 7.02. The highest BCUT2D eigenvalue weighted by atomic mass is 32.1. The van der Waals surface area contributed by atoms with Crippen molar-refractivity contribution in [2.75, 3.05) is 0 Å². The molecule has 0 saturated heterocycles. The van der Waals surface area contributed by atoms with Gasteiger partial charge < -0.3 is 0 Å². The van der Waals surface area contributed by atoms with Crippen LogP contribution in [0.4, 0.5) is 0 Å². The molecule has 0 bridgehead atoms. The highest BCUT2D eigenvalue weighted by molar-refractivity contribution is 7.12. The summed E-state index contributed by atoms with van der Waals surface area (Å²) in [6.07, 6.45) is 0. The van der Waals surface area contributed by atoms with Crippen LogP contribution in [0.1, 0.15) is 37.4 Å². The second-order valence-corrected chi connectivity index (χ2v) is 4.98. The van der Waals surface area contributed by atoms with E-state index in [1.807, 2.05) is 45.2 Å². The van der Waals surface area contributed by atoms with Crippen molar-refractivity contribution in [1.29, 1.82) is 0 Å². The van der Waals surface area contributed by atoms with E-state index in [0.29, 0.717) is 0 Å². The minimum Gasteiger partial charge on any atom is -0.270 e. The average molecular weight is 226 g/mol. The molecular formula is C11H18N2OS. The first-order valence-corrected chi connectivity index (χ1v) is 6.03. The van der Waals surface area contributed by atoms with E-state index >= 15 is 0 Å². The van der Waals surface area contributed by atoms with Gasteiger partial charge in [-0.1, -0.05) is 6.07 Å². The van der Waals surface area contributed by atoms with Crippen LogP contribution in [0.5, 0.6) is 0 Å². The Morgan fingerprint density at radius 2 is 2.07 bits per heavy atom. The van der Waals surface area contributed by atoms with Gasteiger partial charge in [0.15, 0.2) is 0 Å². The van der Waals surface area contributed by atoms with Crippen LogP contribution in [0.15, 0.2) is 17.5 Å². The zero-order valence-electron chi connectivity index (χ0n) is 9.65. The minimum absolute atomic E-state index is 0.0497. The molecule has 1 amide bonds. The third-order valence-corrected chi connectivity index (χ3v) is 2.72. The average Bonchev–Trinajstić information content (AvgIpc) is 2.65. The van der Waals surface area contributed by atoms with Gasteiger partial charge in [0.1, 0.15) is 0 Å². The Labute approximate surface area is 95.1 Å². The Balaban J connectivity index is 2.76. The number of carbonyl (C=O) groups is 1. The van der Waals surface area contributed by atoms with Gasteiger partial charge in [-0.2, -0.15) is 0 Å². The van der Waals surface area contributed by atoms with Crippen molar-refractivity contribution in [2.24, 2.45) is 0 Å². The van der Waals surface area contributed by atoms with Crippen molar-refractivity contribution < 1.29 is 4.79 Å². The molecule has 1 heterocycles. The molecule has 84 valence electrons. The fourth-order valence-corrected chi connectivity index (χ4v) is 1.90. The third-order valence-electron chi connectivity index (χ3n) is 1.86. The number of hydrogen-bond donors (Lipinski definition) is 1. The van der Waals surface area contributed by atoms with E-state index in [-0.39, 0.29) is 18.0 Å². The molecule has 15 heavy (non-hydrogen) atoms. The van der Waals surface area contributed by atoms with Gasteiger partial charge in [0.05, 0.1) is 4.88 Å². The summed E-state index contributed by atoms with van der Waals surface area (Å²) in [6.45, 7) is 8.05. The van der Waals surface area contributed by atoms with E-state index in [1.165, 1.54) is 11.3 Å². The molecule has 0 aliphatic carbocycles. The van der Waals surface area contributed by atoms with Crippen LogP contribution in [-0.4, -0.2) is 23.0 Å². The standard InChI is InChI=1S/C11H18N2OS/c1-8(2)12-13(9(3)4)11(14)10-6-5-7-15-10/h5-9,12H,1-4H3. The fourth-order valence-electron chi connectivity index (χ4n) is 1.24. The Morgan fingerprint density at radius 1 is 1.40 bits per heavy atom. The fraction of sp³-hybridized carbons (Fsp3) is 0.545. The topological polar surface area (TPSA) is 32.3 Å². The molecule has 0 spiro atoms. The van der Waals surface area contributed by atoms with E-state index in [0.717, 1.165) is 4.88 Å². The SMILES string of the molecule is CC(C)NN(C(=O)c1cccs1)C(C)C. The maximum absolute atomic E-state index is 12.1. The van der Waals surface area contributed by atoms with Crippen molar-refractivity contribution in [3.8, 4) is 0 Å². The second kappa shape index (κ2) is 5.28. The van der Waals surface area contributed by atoms with E-state index in [9.17, 15) is 4.79 Å². The zero-order chi connectivity index (χ0) is 11.4. The lowest BCUT2D eigenvalue weighted by Crippen LogP contribution is -2.49. The predicted molar refractivity (Wildman–Crippen MR) is 63.9 cm³/mol. The number of nitrogens with one attached hydrogen (secondary N) is 1. The minimum atomic E-state index is 0.0497. The summed E-state index contributed by atoms with van der Waals surface area (Å²) < 4.78 is 0. The molecule has 0 radical (unpaired) electrons. The van der Waals surface area contributed by atoms with Crippen LogP contribution in [-0.2, 0) is 0 Å². The largest absolute Gasteiger partial charge is 0.278 e. The molecule has 0 aromatic carbocycles. The summed E-state index contributed by atoms with van der Waals surface area (Å²) in [5.74, 6) is 0.0497. The smallest absolute Gasteiger partial charge is 0.270 e. The summed E-state index contributed by atoms with van der Waals surface area (Å²) in [5, 5.41) is 3.61. The van der Waals surface area contributed by atoms with Crippen molar-refractivity contribution in [3.63, 3.8) is 0 Å². The molecule has 0 aliphatic rings. The molecule has 3 nitrogen and oxygen atoms in total. The van der Waals surface area contributed by atoms with Gasteiger partial charge in [-0.15, -0.1) is 11.3 Å². The van der Waals surface area contributed by atoms with Gasteiger partial charge in [0, 0.05) is 12.1 Å². The molecule has 0 unspecified atom stereocenters. The number of hydrazine groups is 1. The maximum Gasteiger partial charge on any atom is 0.278 e. The lowest BCUT2D eigenvalue weighted by Gasteiger charge is -2.28. The van der Waals surface area contributed by atoms with Crippen molar-refractivity contribution in [3.05, 3.63) is 22.4 Å². The second-order valence-electron chi connectivity index (χ2n) is 4.03. The summed E-state index contributed by atoms with van der Waals surface area (Å²) in [5.41, 5.74) is 3.16. The molecule has 1 N–H and O–H groups in total. The van der Waals surface area contributed by atoms with Crippen molar-refractivity contribution in [1.82, 2.24) is 10.4 Å². The lowest BCUT2D eigenvalue weighted by atomic mass is 10.3. The zero-order valence-corrected chi connectivity index (χ0v) is 10.5. The number of rotatable bonds is 4. The molecule has 0 atom stereocenters. The van der Waals surface area contributed by atoms with Crippen LogP contribution in [0.2, 0.25) is 0 Å². The van der Waals surface area contributed by atoms with Crippen LogP contribution in [0.25, 0.3) is 0 Å². The van der Waals surface area contributed by atoms with Gasteiger partial charge in [-0.05, 0) is 39.1 Å².